The number of nitrogens with one attached hydrogen (secondary N) is 1. The number of halogens is 3. The maximum absolute atomic E-state index is 13.2. The van der Waals surface area contributed by atoms with E-state index in [1.54, 1.807) is 12.1 Å². The molecular weight excluding hydrogens is 418 g/mol. The summed E-state index contributed by atoms with van der Waals surface area (Å²) >= 11 is 12.3. The van der Waals surface area contributed by atoms with Crippen LogP contribution in [0.15, 0.2) is 48.2 Å². The van der Waals surface area contributed by atoms with Crippen molar-refractivity contribution < 1.29 is 18.7 Å². The van der Waals surface area contributed by atoms with Gasteiger partial charge >= 0.3 is 0 Å². The summed E-state index contributed by atoms with van der Waals surface area (Å²) in [5.74, 6) is -1.34. The number of amides is 2. The van der Waals surface area contributed by atoms with Crippen LogP contribution in [0, 0.1) is 5.82 Å². The van der Waals surface area contributed by atoms with Gasteiger partial charge in [0.05, 0.1) is 10.6 Å². The minimum absolute atomic E-state index is 0.0854. The van der Waals surface area contributed by atoms with Gasteiger partial charge in [-0.2, -0.15) is 0 Å². The molecule has 0 saturated carbocycles. The number of carbonyl (C=O) groups is 2. The van der Waals surface area contributed by atoms with Crippen molar-refractivity contribution in [3.63, 3.8) is 0 Å². The molecule has 152 valence electrons. The number of hydrogen-bond acceptors (Lipinski definition) is 4. The van der Waals surface area contributed by atoms with Gasteiger partial charge in [0, 0.05) is 36.0 Å². The average Bonchev–Trinajstić information content (AvgIpc) is 2.91. The normalized spacial score (nSPS) is 14.1. The maximum Gasteiger partial charge on any atom is 0.278 e. The van der Waals surface area contributed by atoms with Crippen LogP contribution in [0.25, 0.3) is 5.57 Å². The minimum atomic E-state index is -0.475. The molecule has 0 unspecified atom stereocenters. The summed E-state index contributed by atoms with van der Waals surface area (Å²) in [6, 6.07) is 10.2. The summed E-state index contributed by atoms with van der Waals surface area (Å²) < 4.78 is 18.5. The third kappa shape index (κ3) is 4.78. The lowest BCUT2D eigenvalue weighted by Crippen LogP contribution is -2.34. The van der Waals surface area contributed by atoms with Crippen molar-refractivity contribution in [3.8, 4) is 0 Å². The molecule has 5 nitrogen and oxygen atoms in total. The van der Waals surface area contributed by atoms with Crippen molar-refractivity contribution in [2.75, 3.05) is 25.1 Å². The average molecular weight is 437 g/mol. The van der Waals surface area contributed by atoms with Gasteiger partial charge in [-0.1, -0.05) is 29.3 Å². The van der Waals surface area contributed by atoms with Gasteiger partial charge in [0.2, 0.25) is 0 Å². The van der Waals surface area contributed by atoms with Crippen LogP contribution in [0.1, 0.15) is 18.9 Å². The van der Waals surface area contributed by atoms with Crippen molar-refractivity contribution in [1.29, 1.82) is 0 Å². The Balaban J connectivity index is 1.97. The molecule has 0 aliphatic carbocycles. The summed E-state index contributed by atoms with van der Waals surface area (Å²) in [7, 11) is 0. The lowest BCUT2D eigenvalue weighted by Gasteiger charge is -2.15. The molecule has 2 aromatic carbocycles. The van der Waals surface area contributed by atoms with Crippen LogP contribution in [-0.4, -0.2) is 36.5 Å². The zero-order valence-electron chi connectivity index (χ0n) is 15.7. The Morgan fingerprint density at radius 2 is 1.79 bits per heavy atom. The van der Waals surface area contributed by atoms with E-state index in [4.69, 9.17) is 27.9 Å². The van der Waals surface area contributed by atoms with Crippen molar-refractivity contribution in [1.82, 2.24) is 4.90 Å². The van der Waals surface area contributed by atoms with E-state index in [2.05, 4.69) is 5.32 Å². The van der Waals surface area contributed by atoms with Crippen LogP contribution in [0.2, 0.25) is 10.0 Å². The lowest BCUT2D eigenvalue weighted by molar-refractivity contribution is -0.137. The first-order chi connectivity index (χ1) is 13.9. The van der Waals surface area contributed by atoms with E-state index in [0.29, 0.717) is 35.9 Å². The second-order valence-electron chi connectivity index (χ2n) is 6.32. The fraction of sp³-hybridized carbons (Fsp3) is 0.238. The number of imide groups is 1. The SMILES string of the molecule is CCOCCCN1C(=O)C(Nc2ccc(F)cc2)=C(c2ccc(Cl)cc2Cl)C1=O. The molecule has 3 rings (SSSR count). The molecule has 0 spiro atoms. The summed E-state index contributed by atoms with van der Waals surface area (Å²) in [5, 5.41) is 3.62. The van der Waals surface area contributed by atoms with Crippen LogP contribution >= 0.6 is 23.2 Å². The number of benzene rings is 2. The zero-order valence-corrected chi connectivity index (χ0v) is 17.2. The Labute approximate surface area is 178 Å². The van der Waals surface area contributed by atoms with E-state index in [9.17, 15) is 14.0 Å². The van der Waals surface area contributed by atoms with E-state index in [0.717, 1.165) is 4.90 Å². The van der Waals surface area contributed by atoms with E-state index in [1.807, 2.05) is 6.92 Å². The van der Waals surface area contributed by atoms with Gasteiger partial charge in [-0.05, 0) is 49.7 Å². The fourth-order valence-corrected chi connectivity index (χ4v) is 3.49. The molecule has 0 bridgehead atoms. The molecule has 29 heavy (non-hydrogen) atoms. The summed E-state index contributed by atoms with van der Waals surface area (Å²) in [5.41, 5.74) is 1.10. The van der Waals surface area contributed by atoms with Gasteiger partial charge in [0.25, 0.3) is 11.8 Å². The van der Waals surface area contributed by atoms with Crippen molar-refractivity contribution in [2.45, 2.75) is 13.3 Å². The topological polar surface area (TPSA) is 58.6 Å². The maximum atomic E-state index is 13.2. The third-order valence-corrected chi connectivity index (χ3v) is 4.90. The second-order valence-corrected chi connectivity index (χ2v) is 7.16. The highest BCUT2D eigenvalue weighted by molar-refractivity contribution is 6.41. The highest BCUT2D eigenvalue weighted by Gasteiger charge is 2.39. The predicted molar refractivity (Wildman–Crippen MR) is 111 cm³/mol. The van der Waals surface area contributed by atoms with E-state index in [1.165, 1.54) is 30.3 Å². The van der Waals surface area contributed by atoms with Gasteiger partial charge in [0.15, 0.2) is 0 Å². The molecule has 0 saturated heterocycles. The molecule has 8 heteroatoms. The Kier molecular flexibility index (Phi) is 6.90. The Morgan fingerprint density at radius 3 is 2.45 bits per heavy atom. The van der Waals surface area contributed by atoms with Crippen LogP contribution < -0.4 is 5.32 Å². The monoisotopic (exact) mass is 436 g/mol. The molecule has 1 N–H and O–H groups in total. The van der Waals surface area contributed by atoms with Gasteiger partial charge in [-0.25, -0.2) is 4.39 Å². The highest BCUT2D eigenvalue weighted by Crippen LogP contribution is 2.35. The first kappa shape index (κ1) is 21.3. The molecule has 0 aromatic heterocycles. The van der Waals surface area contributed by atoms with E-state index in [-0.39, 0.29) is 22.8 Å². The number of carbonyl (C=O) groups excluding carboxylic acids is 2. The zero-order chi connectivity index (χ0) is 21.0. The third-order valence-electron chi connectivity index (χ3n) is 4.36. The minimum Gasteiger partial charge on any atom is -0.382 e. The van der Waals surface area contributed by atoms with Gasteiger partial charge in [-0.15, -0.1) is 0 Å². The molecule has 0 radical (unpaired) electrons. The first-order valence-electron chi connectivity index (χ1n) is 9.08. The van der Waals surface area contributed by atoms with Crippen LogP contribution in [0.5, 0.6) is 0 Å². The largest absolute Gasteiger partial charge is 0.382 e. The van der Waals surface area contributed by atoms with Crippen molar-refractivity contribution in [2.24, 2.45) is 0 Å². The van der Waals surface area contributed by atoms with Crippen LogP contribution in [0.3, 0.4) is 0 Å². The molecule has 1 heterocycles. The number of anilines is 1. The molecule has 0 atom stereocenters. The first-order valence-corrected chi connectivity index (χ1v) is 9.84. The molecule has 1 aliphatic rings. The van der Waals surface area contributed by atoms with Crippen molar-refractivity contribution >= 4 is 46.3 Å². The lowest BCUT2D eigenvalue weighted by atomic mass is 10.0. The highest BCUT2D eigenvalue weighted by atomic mass is 35.5. The summed E-state index contributed by atoms with van der Waals surface area (Å²) in [4.78, 5) is 27.3. The Hall–Kier alpha value is -2.41. The summed E-state index contributed by atoms with van der Waals surface area (Å²) in [6.07, 6.45) is 0.511. The molecule has 2 aromatic rings. The second kappa shape index (κ2) is 9.39. The van der Waals surface area contributed by atoms with Gasteiger partial charge in [-0.3, -0.25) is 14.5 Å². The predicted octanol–water partition coefficient (Wildman–Crippen LogP) is 4.75. The number of hydrogen-bond donors (Lipinski definition) is 1. The van der Waals surface area contributed by atoms with Crippen LogP contribution in [-0.2, 0) is 14.3 Å². The number of ether oxygens (including phenoxy) is 1. The van der Waals surface area contributed by atoms with Gasteiger partial charge < -0.3 is 10.1 Å². The van der Waals surface area contributed by atoms with Gasteiger partial charge in [0.1, 0.15) is 11.5 Å². The smallest absolute Gasteiger partial charge is 0.278 e. The number of nitrogens with zero attached hydrogens (tertiary/aromatic N) is 1. The van der Waals surface area contributed by atoms with E-state index < -0.39 is 17.6 Å². The summed E-state index contributed by atoms with van der Waals surface area (Å²) in [6.45, 7) is 3.08. The fourth-order valence-electron chi connectivity index (χ4n) is 2.98. The van der Waals surface area contributed by atoms with Crippen molar-refractivity contribution in [3.05, 3.63) is 69.6 Å². The molecular formula is C21H19Cl2FN2O3. The quantitative estimate of drug-likeness (QED) is 0.479. The number of rotatable bonds is 8. The Bertz CT molecular complexity index is 961. The van der Waals surface area contributed by atoms with Crippen LogP contribution in [0.4, 0.5) is 10.1 Å². The molecule has 0 fully saturated rings. The molecule has 2 amide bonds. The molecule has 1 aliphatic heterocycles. The standard InChI is InChI=1S/C21H19Cl2FN2O3/c1-2-29-11-3-10-26-20(27)18(16-9-4-13(22)12-17(16)23)19(21(26)28)25-15-7-5-14(24)6-8-15/h4-9,12,25H,2-3,10-11H2,1H3. The van der Waals surface area contributed by atoms with E-state index >= 15 is 0 Å². The Morgan fingerprint density at radius 1 is 1.07 bits per heavy atom.